The van der Waals surface area contributed by atoms with Crippen LogP contribution in [0.4, 0.5) is 0 Å². The average Bonchev–Trinajstić information content (AvgIpc) is 2.65. The van der Waals surface area contributed by atoms with Crippen molar-refractivity contribution in [3.63, 3.8) is 0 Å². The second-order valence-electron chi connectivity index (χ2n) is 6.50. The zero-order valence-corrected chi connectivity index (χ0v) is 15.8. The number of ether oxygens (including phenoxy) is 2. The van der Waals surface area contributed by atoms with Crippen LogP contribution in [0.2, 0.25) is 0 Å². The van der Waals surface area contributed by atoms with Crippen molar-refractivity contribution < 1.29 is 14.3 Å². The second kappa shape index (κ2) is 8.92. The number of amides is 1. The predicted octanol–water partition coefficient (Wildman–Crippen LogP) is 3.43. The van der Waals surface area contributed by atoms with Gasteiger partial charge in [0.25, 0.3) is 5.91 Å². The molecule has 1 atom stereocenters. The van der Waals surface area contributed by atoms with Gasteiger partial charge in [-0.3, -0.25) is 4.79 Å². The van der Waals surface area contributed by atoms with Crippen LogP contribution < -0.4 is 20.5 Å². The van der Waals surface area contributed by atoms with Gasteiger partial charge in [-0.2, -0.15) is 0 Å². The maximum absolute atomic E-state index is 12.3. The summed E-state index contributed by atoms with van der Waals surface area (Å²) in [4.78, 5) is 12.3. The molecule has 0 aliphatic carbocycles. The largest absolute Gasteiger partial charge is 0.486 e. The Morgan fingerprint density at radius 1 is 1.04 bits per heavy atom. The fraction of sp³-hybridized carbons (Fsp3) is 0.350. The van der Waals surface area contributed by atoms with Crippen molar-refractivity contribution in [1.82, 2.24) is 5.32 Å². The first-order valence-electron chi connectivity index (χ1n) is 8.58. The highest BCUT2D eigenvalue weighted by atomic mass is 35.5. The van der Waals surface area contributed by atoms with Gasteiger partial charge in [0.05, 0.1) is 0 Å². The molecule has 0 radical (unpaired) electrons. The molecular formula is C20H25ClN2O3. The summed E-state index contributed by atoms with van der Waals surface area (Å²) in [7, 11) is 0. The van der Waals surface area contributed by atoms with E-state index >= 15 is 0 Å². The minimum Gasteiger partial charge on any atom is -0.486 e. The molecule has 1 unspecified atom stereocenters. The van der Waals surface area contributed by atoms with Gasteiger partial charge >= 0.3 is 0 Å². The van der Waals surface area contributed by atoms with Crippen LogP contribution in [0, 0.1) is 0 Å². The lowest BCUT2D eigenvalue weighted by Gasteiger charge is -2.19. The third-order valence-corrected chi connectivity index (χ3v) is 4.32. The molecule has 0 fully saturated rings. The molecule has 0 bridgehead atoms. The Balaban J connectivity index is 0.00000243. The van der Waals surface area contributed by atoms with Crippen molar-refractivity contribution in [1.29, 1.82) is 0 Å². The van der Waals surface area contributed by atoms with E-state index in [2.05, 4.69) is 31.3 Å². The lowest BCUT2D eigenvalue weighted by atomic mass is 9.99. The summed E-state index contributed by atoms with van der Waals surface area (Å²) in [5.41, 5.74) is 9.01. The number of fused-ring (bicyclic) bond motifs is 1. The molecule has 1 aliphatic heterocycles. The van der Waals surface area contributed by atoms with E-state index < -0.39 is 0 Å². The van der Waals surface area contributed by atoms with Crippen molar-refractivity contribution in [2.45, 2.75) is 25.8 Å². The smallest absolute Gasteiger partial charge is 0.251 e. The van der Waals surface area contributed by atoms with E-state index in [0.29, 0.717) is 42.7 Å². The highest BCUT2D eigenvalue weighted by Crippen LogP contribution is 2.30. The van der Waals surface area contributed by atoms with Gasteiger partial charge in [0.15, 0.2) is 11.5 Å². The van der Waals surface area contributed by atoms with Crippen LogP contribution in [0.3, 0.4) is 0 Å². The van der Waals surface area contributed by atoms with E-state index in [0.717, 1.165) is 5.56 Å². The molecule has 0 aromatic heterocycles. The molecule has 3 N–H and O–H groups in total. The van der Waals surface area contributed by atoms with Gasteiger partial charge in [-0.15, -0.1) is 12.4 Å². The highest BCUT2D eigenvalue weighted by Gasteiger charge is 2.16. The molecule has 1 amide bonds. The Bertz CT molecular complexity index is 747. The van der Waals surface area contributed by atoms with Crippen LogP contribution >= 0.6 is 12.4 Å². The molecular weight excluding hydrogens is 352 g/mol. The molecule has 2 aromatic carbocycles. The lowest BCUT2D eigenvalue weighted by molar-refractivity contribution is 0.0950. The Kier molecular flexibility index (Phi) is 6.89. The number of carbonyl (C=O) groups excluding carboxylic acids is 1. The highest BCUT2D eigenvalue weighted by molar-refractivity contribution is 5.94. The molecule has 6 heteroatoms. The molecule has 26 heavy (non-hydrogen) atoms. The van der Waals surface area contributed by atoms with Gasteiger partial charge in [-0.05, 0) is 35.2 Å². The van der Waals surface area contributed by atoms with Gasteiger partial charge in [0, 0.05) is 18.2 Å². The van der Waals surface area contributed by atoms with Crippen LogP contribution in [0.15, 0.2) is 42.5 Å². The molecule has 2 aromatic rings. The Hall–Kier alpha value is -2.24. The topological polar surface area (TPSA) is 73.6 Å². The minimum atomic E-state index is -0.248. The molecule has 3 rings (SSSR count). The first-order valence-corrected chi connectivity index (χ1v) is 8.58. The number of carbonyl (C=O) groups is 1. The van der Waals surface area contributed by atoms with Gasteiger partial charge in [-0.25, -0.2) is 0 Å². The van der Waals surface area contributed by atoms with Crippen LogP contribution in [-0.4, -0.2) is 25.7 Å². The van der Waals surface area contributed by atoms with E-state index in [1.165, 1.54) is 5.56 Å². The quantitative estimate of drug-likeness (QED) is 0.838. The summed E-state index contributed by atoms with van der Waals surface area (Å²) in [6, 6.07) is 13.2. The van der Waals surface area contributed by atoms with Crippen LogP contribution in [-0.2, 0) is 0 Å². The van der Waals surface area contributed by atoms with Crippen molar-refractivity contribution in [2.75, 3.05) is 19.8 Å². The van der Waals surface area contributed by atoms with Gasteiger partial charge in [0.2, 0.25) is 0 Å². The minimum absolute atomic E-state index is 0. The van der Waals surface area contributed by atoms with E-state index in [1.54, 1.807) is 18.2 Å². The number of hydrogen-bond acceptors (Lipinski definition) is 4. The van der Waals surface area contributed by atoms with Crippen LogP contribution in [0.5, 0.6) is 11.5 Å². The van der Waals surface area contributed by atoms with Gasteiger partial charge < -0.3 is 20.5 Å². The Morgan fingerprint density at radius 3 is 2.31 bits per heavy atom. The van der Waals surface area contributed by atoms with E-state index in [-0.39, 0.29) is 24.4 Å². The molecule has 1 aliphatic rings. The molecule has 140 valence electrons. The SMILES string of the molecule is CC(C)c1ccc(C(N)CNC(=O)c2ccc3c(c2)OCCO3)cc1.Cl. The molecule has 0 saturated carbocycles. The summed E-state index contributed by atoms with van der Waals surface area (Å²) in [5.74, 6) is 1.59. The molecule has 5 nitrogen and oxygen atoms in total. The van der Waals surface area contributed by atoms with E-state index in [1.807, 2.05) is 12.1 Å². The maximum Gasteiger partial charge on any atom is 0.251 e. The summed E-state index contributed by atoms with van der Waals surface area (Å²) < 4.78 is 11.0. The molecule has 0 spiro atoms. The number of rotatable bonds is 5. The summed E-state index contributed by atoms with van der Waals surface area (Å²) in [6.45, 7) is 5.71. The lowest BCUT2D eigenvalue weighted by Crippen LogP contribution is -2.32. The fourth-order valence-electron chi connectivity index (χ4n) is 2.74. The van der Waals surface area contributed by atoms with Crippen molar-refractivity contribution >= 4 is 18.3 Å². The number of halogens is 1. The van der Waals surface area contributed by atoms with Gasteiger partial charge in [-0.1, -0.05) is 38.1 Å². The monoisotopic (exact) mass is 376 g/mol. The normalized spacial score (nSPS) is 13.7. The zero-order chi connectivity index (χ0) is 17.8. The third kappa shape index (κ3) is 4.68. The molecule has 0 saturated heterocycles. The Morgan fingerprint density at radius 2 is 1.65 bits per heavy atom. The summed E-state index contributed by atoms with van der Waals surface area (Å²) >= 11 is 0. The molecule has 1 heterocycles. The van der Waals surface area contributed by atoms with Crippen molar-refractivity contribution in [2.24, 2.45) is 5.73 Å². The standard InChI is InChI=1S/C20H24N2O3.ClH/c1-13(2)14-3-5-15(6-4-14)17(21)12-22-20(23)16-7-8-18-19(11-16)25-10-9-24-18;/h3-8,11,13,17H,9-10,12,21H2,1-2H3,(H,22,23);1H. The summed E-state index contributed by atoms with van der Waals surface area (Å²) in [5, 5.41) is 2.88. The summed E-state index contributed by atoms with van der Waals surface area (Å²) in [6.07, 6.45) is 0. The maximum atomic E-state index is 12.3. The average molecular weight is 377 g/mol. The number of hydrogen-bond donors (Lipinski definition) is 2. The van der Waals surface area contributed by atoms with Crippen LogP contribution in [0.25, 0.3) is 0 Å². The zero-order valence-electron chi connectivity index (χ0n) is 15.0. The number of benzene rings is 2. The number of nitrogens with one attached hydrogen (secondary N) is 1. The first-order chi connectivity index (χ1) is 12.0. The van der Waals surface area contributed by atoms with Crippen molar-refractivity contribution in [3.8, 4) is 11.5 Å². The number of nitrogens with two attached hydrogens (primary N) is 1. The third-order valence-electron chi connectivity index (χ3n) is 4.32. The van der Waals surface area contributed by atoms with Gasteiger partial charge in [0.1, 0.15) is 13.2 Å². The first kappa shape index (κ1) is 20.1. The Labute approximate surface area is 160 Å². The van der Waals surface area contributed by atoms with E-state index in [9.17, 15) is 4.79 Å². The second-order valence-corrected chi connectivity index (χ2v) is 6.50. The predicted molar refractivity (Wildman–Crippen MR) is 104 cm³/mol. The van der Waals surface area contributed by atoms with E-state index in [4.69, 9.17) is 15.2 Å². The fourth-order valence-corrected chi connectivity index (χ4v) is 2.74. The van der Waals surface area contributed by atoms with Crippen LogP contribution in [0.1, 0.15) is 47.3 Å². The van der Waals surface area contributed by atoms with Crippen molar-refractivity contribution in [3.05, 3.63) is 59.2 Å².